The number of anilines is 2. The lowest BCUT2D eigenvalue weighted by Gasteiger charge is -2.10. The average Bonchev–Trinajstić information content (AvgIpc) is 3.24. The smallest absolute Gasteiger partial charge is 0.271 e. The topological polar surface area (TPSA) is 119 Å². The minimum Gasteiger partial charge on any atom is -0.326 e. The molecule has 152 valence electrons. The number of fused-ring (bicyclic) bond motifs is 1. The number of nitro groups is 1. The van der Waals surface area contributed by atoms with Crippen molar-refractivity contribution in [3.05, 3.63) is 70.4 Å². The number of aryl methyl sites for hydroxylation is 1. The minimum absolute atomic E-state index is 0.124. The van der Waals surface area contributed by atoms with E-state index in [2.05, 4.69) is 15.7 Å². The van der Waals surface area contributed by atoms with Gasteiger partial charge in [0.1, 0.15) is 11.9 Å². The average molecular weight is 405 g/mol. The minimum atomic E-state index is -0.790. The summed E-state index contributed by atoms with van der Waals surface area (Å²) in [6.45, 7) is 1.98. The third-order valence-corrected chi connectivity index (χ3v) is 4.94. The van der Waals surface area contributed by atoms with E-state index >= 15 is 0 Å². The zero-order valence-corrected chi connectivity index (χ0v) is 16.2. The molecule has 9 nitrogen and oxygen atoms in total. The summed E-state index contributed by atoms with van der Waals surface area (Å²) in [5, 5.41) is 21.0. The zero-order chi connectivity index (χ0) is 21.3. The summed E-state index contributed by atoms with van der Waals surface area (Å²) in [6, 6.07) is 14.5. The predicted octanol–water partition coefficient (Wildman–Crippen LogP) is 3.54. The monoisotopic (exact) mass is 405 g/mol. The molecule has 4 rings (SSSR count). The molecule has 1 aromatic heterocycles. The molecule has 3 aromatic rings. The fourth-order valence-corrected chi connectivity index (χ4v) is 3.56. The second kappa shape index (κ2) is 7.78. The second-order valence-electron chi connectivity index (χ2n) is 6.90. The van der Waals surface area contributed by atoms with Gasteiger partial charge in [0.05, 0.1) is 17.0 Å². The molecule has 1 atom stereocenters. The van der Waals surface area contributed by atoms with Crippen LogP contribution in [0.15, 0.2) is 54.6 Å². The van der Waals surface area contributed by atoms with Gasteiger partial charge in [0.15, 0.2) is 0 Å². The number of aromatic nitrogens is 2. The quantitative estimate of drug-likeness (QED) is 0.480. The van der Waals surface area contributed by atoms with Crippen LogP contribution in [0.1, 0.15) is 25.1 Å². The Morgan fingerprint density at radius 1 is 1.23 bits per heavy atom. The largest absolute Gasteiger partial charge is 0.326 e. The SMILES string of the molecule is CCc1nn2c(c1-c1ccccc1)NC(=O)C2CC(=O)Nc1cccc([N+](=O)[O-])c1. The van der Waals surface area contributed by atoms with Crippen molar-refractivity contribution >= 4 is 29.0 Å². The van der Waals surface area contributed by atoms with E-state index in [4.69, 9.17) is 0 Å². The molecule has 0 saturated carbocycles. The molecule has 1 aliphatic heterocycles. The van der Waals surface area contributed by atoms with Crippen LogP contribution in [0.2, 0.25) is 0 Å². The van der Waals surface area contributed by atoms with Gasteiger partial charge in [-0.15, -0.1) is 0 Å². The van der Waals surface area contributed by atoms with Crippen molar-refractivity contribution in [2.24, 2.45) is 0 Å². The molecule has 0 bridgehead atoms. The maximum absolute atomic E-state index is 12.6. The third-order valence-electron chi connectivity index (χ3n) is 4.94. The molecule has 2 amide bonds. The molecule has 2 heterocycles. The number of nitrogens with one attached hydrogen (secondary N) is 2. The molecule has 0 fully saturated rings. The van der Waals surface area contributed by atoms with Gasteiger partial charge >= 0.3 is 0 Å². The lowest BCUT2D eigenvalue weighted by atomic mass is 10.0. The van der Waals surface area contributed by atoms with Crippen molar-refractivity contribution in [3.8, 4) is 11.1 Å². The number of amides is 2. The number of carbonyl (C=O) groups excluding carboxylic acids is 2. The van der Waals surface area contributed by atoms with Crippen molar-refractivity contribution in [2.45, 2.75) is 25.8 Å². The number of nitro benzene ring substituents is 1. The first-order valence-electron chi connectivity index (χ1n) is 9.50. The maximum Gasteiger partial charge on any atom is 0.271 e. The Morgan fingerprint density at radius 2 is 2.00 bits per heavy atom. The van der Waals surface area contributed by atoms with Gasteiger partial charge in [0.2, 0.25) is 5.91 Å². The van der Waals surface area contributed by atoms with Crippen LogP contribution in [-0.2, 0) is 16.0 Å². The first-order chi connectivity index (χ1) is 14.5. The highest BCUT2D eigenvalue weighted by atomic mass is 16.6. The Bertz CT molecular complexity index is 1140. The third kappa shape index (κ3) is 3.52. The van der Waals surface area contributed by atoms with E-state index < -0.39 is 16.9 Å². The first kappa shape index (κ1) is 19.3. The Balaban J connectivity index is 1.58. The molecule has 0 radical (unpaired) electrons. The van der Waals surface area contributed by atoms with E-state index in [1.165, 1.54) is 18.2 Å². The molecule has 30 heavy (non-hydrogen) atoms. The lowest BCUT2D eigenvalue weighted by Crippen LogP contribution is -2.24. The summed E-state index contributed by atoms with van der Waals surface area (Å²) >= 11 is 0. The normalized spacial score (nSPS) is 14.8. The summed E-state index contributed by atoms with van der Waals surface area (Å²) in [7, 11) is 0. The van der Waals surface area contributed by atoms with E-state index in [1.807, 2.05) is 37.3 Å². The summed E-state index contributed by atoms with van der Waals surface area (Å²) in [5.74, 6) is -0.166. The van der Waals surface area contributed by atoms with Gasteiger partial charge in [-0.2, -0.15) is 5.10 Å². The predicted molar refractivity (Wildman–Crippen MR) is 111 cm³/mol. The van der Waals surface area contributed by atoms with Gasteiger partial charge in [-0.1, -0.05) is 43.3 Å². The highest BCUT2D eigenvalue weighted by molar-refractivity contribution is 6.04. The van der Waals surface area contributed by atoms with Gasteiger partial charge in [0.25, 0.3) is 11.6 Å². The van der Waals surface area contributed by atoms with E-state index in [-0.39, 0.29) is 18.0 Å². The van der Waals surface area contributed by atoms with Gasteiger partial charge in [-0.3, -0.25) is 19.7 Å². The molecule has 1 aliphatic rings. The molecule has 9 heteroatoms. The van der Waals surface area contributed by atoms with E-state index in [9.17, 15) is 19.7 Å². The number of hydrogen-bond donors (Lipinski definition) is 2. The number of benzene rings is 2. The zero-order valence-electron chi connectivity index (χ0n) is 16.2. The van der Waals surface area contributed by atoms with Crippen LogP contribution in [0.3, 0.4) is 0 Å². The van der Waals surface area contributed by atoms with E-state index in [0.29, 0.717) is 17.9 Å². The molecular weight excluding hydrogens is 386 g/mol. The summed E-state index contributed by atoms with van der Waals surface area (Å²) in [4.78, 5) is 35.5. The number of rotatable bonds is 6. The summed E-state index contributed by atoms with van der Waals surface area (Å²) in [6.07, 6.45) is 0.535. The fourth-order valence-electron chi connectivity index (χ4n) is 3.56. The molecule has 0 spiro atoms. The maximum atomic E-state index is 12.6. The van der Waals surface area contributed by atoms with Crippen molar-refractivity contribution in [2.75, 3.05) is 10.6 Å². The molecule has 2 N–H and O–H groups in total. The standard InChI is InChI=1S/C21H19N5O4/c1-2-16-19(13-7-4-3-5-8-13)20-23-21(28)17(25(20)24-16)12-18(27)22-14-9-6-10-15(11-14)26(29)30/h3-11,17H,2,12H2,1H3,(H,22,27)(H,23,28). The van der Waals surface area contributed by atoms with Crippen molar-refractivity contribution < 1.29 is 14.5 Å². The molecule has 1 unspecified atom stereocenters. The van der Waals surface area contributed by atoms with Crippen LogP contribution < -0.4 is 10.6 Å². The van der Waals surface area contributed by atoms with Crippen LogP contribution in [-0.4, -0.2) is 26.5 Å². The molecular formula is C21H19N5O4. The summed E-state index contributed by atoms with van der Waals surface area (Å²) in [5.41, 5.74) is 2.80. The molecule has 2 aromatic carbocycles. The van der Waals surface area contributed by atoms with Crippen molar-refractivity contribution in [1.82, 2.24) is 9.78 Å². The van der Waals surface area contributed by atoms with Crippen LogP contribution >= 0.6 is 0 Å². The van der Waals surface area contributed by atoms with E-state index in [0.717, 1.165) is 16.8 Å². The Hall–Kier alpha value is -4.01. The van der Waals surface area contributed by atoms with Gasteiger partial charge in [-0.05, 0) is 18.1 Å². The van der Waals surface area contributed by atoms with Gasteiger partial charge < -0.3 is 10.6 Å². The lowest BCUT2D eigenvalue weighted by molar-refractivity contribution is -0.384. The van der Waals surface area contributed by atoms with Crippen molar-refractivity contribution in [3.63, 3.8) is 0 Å². The number of hydrogen-bond acceptors (Lipinski definition) is 5. The highest BCUT2D eigenvalue weighted by Crippen LogP contribution is 2.38. The van der Waals surface area contributed by atoms with Crippen LogP contribution in [0, 0.1) is 10.1 Å². The second-order valence-corrected chi connectivity index (χ2v) is 6.90. The Morgan fingerprint density at radius 3 is 2.70 bits per heavy atom. The Kier molecular flexibility index (Phi) is 5.01. The summed E-state index contributed by atoms with van der Waals surface area (Å²) < 4.78 is 1.57. The number of carbonyl (C=O) groups is 2. The Labute approximate surface area is 171 Å². The number of non-ortho nitro benzene ring substituents is 1. The fraction of sp³-hybridized carbons (Fsp3) is 0.190. The van der Waals surface area contributed by atoms with Crippen molar-refractivity contribution in [1.29, 1.82) is 0 Å². The first-order valence-corrected chi connectivity index (χ1v) is 9.50. The number of nitrogens with zero attached hydrogens (tertiary/aromatic N) is 3. The molecule has 0 aliphatic carbocycles. The van der Waals surface area contributed by atoms with Crippen LogP contribution in [0.5, 0.6) is 0 Å². The van der Waals surface area contributed by atoms with Gasteiger partial charge in [-0.25, -0.2) is 4.68 Å². The van der Waals surface area contributed by atoms with Crippen LogP contribution in [0.4, 0.5) is 17.2 Å². The van der Waals surface area contributed by atoms with E-state index in [1.54, 1.807) is 10.7 Å². The van der Waals surface area contributed by atoms with Crippen LogP contribution in [0.25, 0.3) is 11.1 Å². The highest BCUT2D eigenvalue weighted by Gasteiger charge is 2.36. The van der Waals surface area contributed by atoms with Gasteiger partial charge in [0, 0.05) is 23.4 Å². The molecule has 0 saturated heterocycles.